The second-order valence-corrected chi connectivity index (χ2v) is 7.45. The number of hydrogen-bond acceptors (Lipinski definition) is 4. The van der Waals surface area contributed by atoms with Gasteiger partial charge in [-0.1, -0.05) is 42.5 Å². The predicted octanol–water partition coefficient (Wildman–Crippen LogP) is 4.55. The Bertz CT molecular complexity index is 1040. The summed E-state index contributed by atoms with van der Waals surface area (Å²) in [7, 11) is 0. The molecule has 0 fully saturated rings. The minimum atomic E-state index is -0.192. The molecular formula is C22H20N4OS. The van der Waals surface area contributed by atoms with E-state index in [0.29, 0.717) is 17.8 Å². The number of hydrogen-bond donors (Lipinski definition) is 1. The molecule has 140 valence electrons. The summed E-state index contributed by atoms with van der Waals surface area (Å²) in [6.45, 7) is 2.54. The van der Waals surface area contributed by atoms with Gasteiger partial charge < -0.3 is 5.32 Å². The third-order valence-electron chi connectivity index (χ3n) is 4.43. The largest absolute Gasteiger partial charge is 0.344 e. The number of carbonyl (C=O) groups excluding carboxylic acids is 1. The van der Waals surface area contributed by atoms with Crippen LogP contribution < -0.4 is 5.32 Å². The number of pyridine rings is 1. The van der Waals surface area contributed by atoms with Crippen LogP contribution in [-0.4, -0.2) is 20.7 Å². The Balaban J connectivity index is 1.62. The normalized spacial score (nSPS) is 11.9. The Morgan fingerprint density at radius 3 is 2.64 bits per heavy atom. The van der Waals surface area contributed by atoms with Gasteiger partial charge in [0.25, 0.3) is 5.91 Å². The van der Waals surface area contributed by atoms with Crippen LogP contribution in [0.1, 0.15) is 34.6 Å². The summed E-state index contributed by atoms with van der Waals surface area (Å²) in [6.07, 6.45) is 3.55. The van der Waals surface area contributed by atoms with E-state index in [2.05, 4.69) is 22.4 Å². The number of aromatic nitrogens is 3. The van der Waals surface area contributed by atoms with Crippen molar-refractivity contribution in [2.75, 3.05) is 0 Å². The average Bonchev–Trinajstić information content (AvgIpc) is 3.39. The lowest BCUT2D eigenvalue weighted by Gasteiger charge is -2.13. The topological polar surface area (TPSA) is 59.8 Å². The number of rotatable bonds is 6. The zero-order valence-electron chi connectivity index (χ0n) is 15.4. The molecule has 4 aromatic rings. The highest BCUT2D eigenvalue weighted by molar-refractivity contribution is 7.13. The molecule has 1 atom stereocenters. The summed E-state index contributed by atoms with van der Waals surface area (Å²) < 4.78 is 1.82. The average molecular weight is 388 g/mol. The van der Waals surface area contributed by atoms with Gasteiger partial charge >= 0.3 is 0 Å². The van der Waals surface area contributed by atoms with E-state index in [1.807, 2.05) is 71.7 Å². The Kier molecular flexibility index (Phi) is 5.30. The Labute approximate surface area is 167 Å². The van der Waals surface area contributed by atoms with Gasteiger partial charge in [0.2, 0.25) is 0 Å². The summed E-state index contributed by atoms with van der Waals surface area (Å²) in [5.74, 6) is -0.152. The number of carbonyl (C=O) groups is 1. The maximum atomic E-state index is 13.0. The predicted molar refractivity (Wildman–Crippen MR) is 111 cm³/mol. The van der Waals surface area contributed by atoms with Crippen LogP contribution in [0.5, 0.6) is 0 Å². The van der Waals surface area contributed by atoms with Gasteiger partial charge in [-0.25, -0.2) is 0 Å². The first-order valence-corrected chi connectivity index (χ1v) is 9.96. The van der Waals surface area contributed by atoms with Crippen LogP contribution in [0, 0.1) is 0 Å². The van der Waals surface area contributed by atoms with E-state index < -0.39 is 0 Å². The van der Waals surface area contributed by atoms with Gasteiger partial charge in [0.15, 0.2) is 0 Å². The third kappa shape index (κ3) is 4.02. The number of thiophene rings is 1. The lowest BCUT2D eigenvalue weighted by molar-refractivity contribution is 0.0939. The molecule has 4 rings (SSSR count). The molecule has 0 spiro atoms. The van der Waals surface area contributed by atoms with E-state index >= 15 is 0 Å². The van der Waals surface area contributed by atoms with Crippen molar-refractivity contribution in [3.63, 3.8) is 0 Å². The van der Waals surface area contributed by atoms with Crippen molar-refractivity contribution in [2.24, 2.45) is 0 Å². The fraction of sp³-hybridized carbons (Fsp3) is 0.136. The maximum absolute atomic E-state index is 13.0. The molecule has 0 aliphatic heterocycles. The Morgan fingerprint density at radius 2 is 1.93 bits per heavy atom. The molecule has 1 unspecified atom stereocenters. The first-order valence-electron chi connectivity index (χ1n) is 9.08. The molecule has 1 aromatic carbocycles. The van der Waals surface area contributed by atoms with Crippen LogP contribution in [0.4, 0.5) is 0 Å². The molecule has 0 saturated carbocycles. The third-order valence-corrected chi connectivity index (χ3v) is 5.30. The Hall–Kier alpha value is -3.25. The summed E-state index contributed by atoms with van der Waals surface area (Å²) in [5.41, 5.74) is 3.24. The van der Waals surface area contributed by atoms with Gasteiger partial charge in [-0.15, -0.1) is 11.3 Å². The van der Waals surface area contributed by atoms with E-state index in [4.69, 9.17) is 5.10 Å². The molecule has 0 bridgehead atoms. The highest BCUT2D eigenvalue weighted by Gasteiger charge is 2.21. The zero-order valence-corrected chi connectivity index (χ0v) is 16.3. The standard InChI is InChI=1S/C22H20N4OS/c1-16(19-10-5-6-12-23-19)24-22(27)18-15-26(14-17-8-3-2-4-9-17)25-21(18)20-11-7-13-28-20/h2-13,15-16H,14H2,1H3,(H,24,27). The first-order chi connectivity index (χ1) is 13.7. The summed E-state index contributed by atoms with van der Waals surface area (Å²) in [4.78, 5) is 18.3. The SMILES string of the molecule is CC(NC(=O)c1cn(Cc2ccccc2)nc1-c1cccs1)c1ccccn1. The molecule has 0 radical (unpaired) electrons. The van der Waals surface area contributed by atoms with Crippen LogP contribution >= 0.6 is 11.3 Å². The zero-order chi connectivity index (χ0) is 19.3. The molecule has 28 heavy (non-hydrogen) atoms. The van der Waals surface area contributed by atoms with Gasteiger partial charge in [-0.05, 0) is 36.1 Å². The minimum absolute atomic E-state index is 0.152. The molecule has 0 aliphatic rings. The molecule has 6 heteroatoms. The van der Waals surface area contributed by atoms with Crippen molar-refractivity contribution in [1.82, 2.24) is 20.1 Å². The van der Waals surface area contributed by atoms with Crippen LogP contribution in [0.25, 0.3) is 10.6 Å². The van der Waals surface area contributed by atoms with Crippen molar-refractivity contribution in [3.8, 4) is 10.6 Å². The quantitative estimate of drug-likeness (QED) is 0.527. The molecule has 3 heterocycles. The first kappa shape index (κ1) is 18.1. The molecule has 1 N–H and O–H groups in total. The highest BCUT2D eigenvalue weighted by Crippen LogP contribution is 2.27. The van der Waals surface area contributed by atoms with Crippen molar-refractivity contribution < 1.29 is 4.79 Å². The van der Waals surface area contributed by atoms with Gasteiger partial charge in [-0.2, -0.15) is 5.10 Å². The minimum Gasteiger partial charge on any atom is -0.344 e. The smallest absolute Gasteiger partial charge is 0.255 e. The lowest BCUT2D eigenvalue weighted by Crippen LogP contribution is -2.27. The maximum Gasteiger partial charge on any atom is 0.255 e. The number of amides is 1. The van der Waals surface area contributed by atoms with Crippen molar-refractivity contribution in [1.29, 1.82) is 0 Å². The molecule has 3 aromatic heterocycles. The van der Waals surface area contributed by atoms with Crippen LogP contribution in [-0.2, 0) is 6.54 Å². The van der Waals surface area contributed by atoms with E-state index in [1.165, 1.54) is 0 Å². The fourth-order valence-corrected chi connectivity index (χ4v) is 3.74. The van der Waals surface area contributed by atoms with E-state index in [-0.39, 0.29) is 11.9 Å². The van der Waals surface area contributed by atoms with Crippen LogP contribution in [0.15, 0.2) is 78.4 Å². The molecule has 0 aliphatic carbocycles. The summed E-state index contributed by atoms with van der Waals surface area (Å²) >= 11 is 1.57. The summed E-state index contributed by atoms with van der Waals surface area (Å²) in [5, 5.41) is 9.73. The van der Waals surface area contributed by atoms with Gasteiger partial charge in [0.1, 0.15) is 5.69 Å². The second-order valence-electron chi connectivity index (χ2n) is 6.50. The monoisotopic (exact) mass is 388 g/mol. The molecule has 5 nitrogen and oxygen atoms in total. The van der Waals surface area contributed by atoms with E-state index in [0.717, 1.165) is 16.1 Å². The van der Waals surface area contributed by atoms with Gasteiger partial charge in [0.05, 0.1) is 28.7 Å². The molecule has 0 saturated heterocycles. The van der Waals surface area contributed by atoms with Crippen molar-refractivity contribution >= 4 is 17.2 Å². The van der Waals surface area contributed by atoms with Crippen molar-refractivity contribution in [2.45, 2.75) is 19.5 Å². The van der Waals surface area contributed by atoms with Gasteiger partial charge in [-0.3, -0.25) is 14.5 Å². The second kappa shape index (κ2) is 8.19. The summed E-state index contributed by atoms with van der Waals surface area (Å²) in [6, 6.07) is 19.5. The van der Waals surface area contributed by atoms with Crippen LogP contribution in [0.3, 0.4) is 0 Å². The van der Waals surface area contributed by atoms with Gasteiger partial charge in [0, 0.05) is 12.4 Å². The van der Waals surface area contributed by atoms with Crippen LogP contribution in [0.2, 0.25) is 0 Å². The fourth-order valence-electron chi connectivity index (χ4n) is 3.01. The lowest BCUT2D eigenvalue weighted by atomic mass is 10.1. The van der Waals surface area contributed by atoms with Crippen molar-refractivity contribution in [3.05, 3.63) is 95.3 Å². The number of nitrogens with zero attached hydrogens (tertiary/aromatic N) is 3. The number of benzene rings is 1. The van der Waals surface area contributed by atoms with E-state index in [9.17, 15) is 4.79 Å². The highest BCUT2D eigenvalue weighted by atomic mass is 32.1. The molecule has 1 amide bonds. The molecular weight excluding hydrogens is 368 g/mol. The van der Waals surface area contributed by atoms with E-state index in [1.54, 1.807) is 17.5 Å². The Morgan fingerprint density at radius 1 is 1.11 bits per heavy atom. The number of nitrogens with one attached hydrogen (secondary N) is 1.